The second-order valence-corrected chi connectivity index (χ2v) is 8.63. The molecule has 0 spiro atoms. The van der Waals surface area contributed by atoms with E-state index in [1.54, 1.807) is 38.3 Å². The Morgan fingerprint density at radius 3 is 1.86 bits per heavy atom. The predicted octanol–water partition coefficient (Wildman–Crippen LogP) is 4.14. The molecule has 3 amide bonds. The summed E-state index contributed by atoms with van der Waals surface area (Å²) in [5, 5.41) is 5.51. The molecule has 1 unspecified atom stereocenters. The van der Waals surface area contributed by atoms with Crippen LogP contribution in [-0.4, -0.2) is 61.1 Å². The Morgan fingerprint density at radius 1 is 0.800 bits per heavy atom. The highest BCUT2D eigenvalue weighted by atomic mass is 16.5. The van der Waals surface area contributed by atoms with Gasteiger partial charge in [-0.05, 0) is 42.3 Å². The van der Waals surface area contributed by atoms with Crippen LogP contribution >= 0.6 is 0 Å². The van der Waals surface area contributed by atoms with E-state index in [-0.39, 0.29) is 11.9 Å². The third-order valence-electron chi connectivity index (χ3n) is 6.29. The second-order valence-electron chi connectivity index (χ2n) is 8.63. The Bertz CT molecular complexity index is 1060. The third kappa shape index (κ3) is 6.19. The average Bonchev–Trinajstić information content (AvgIpc) is 2.90. The number of ether oxygens (including phenoxy) is 1. The van der Waals surface area contributed by atoms with Crippen LogP contribution in [-0.2, 0) is 4.79 Å². The molecule has 1 aliphatic rings. The number of amides is 3. The molecule has 0 aromatic heterocycles. The van der Waals surface area contributed by atoms with E-state index in [9.17, 15) is 9.59 Å². The molecule has 0 bridgehead atoms. The zero-order valence-corrected chi connectivity index (χ0v) is 20.2. The SMILES string of the molecule is COc1ccc(NC(=O)NC(C)C(=O)N2CCN(C(c3ccccc3)c3ccccc3)CC2)cc1. The molecule has 0 radical (unpaired) electrons. The molecule has 4 rings (SSSR count). The zero-order chi connectivity index (χ0) is 24.6. The quantitative estimate of drug-likeness (QED) is 0.542. The minimum absolute atomic E-state index is 0.0782. The zero-order valence-electron chi connectivity index (χ0n) is 20.2. The summed E-state index contributed by atoms with van der Waals surface area (Å²) in [5.74, 6) is 0.630. The third-order valence-corrected chi connectivity index (χ3v) is 6.29. The van der Waals surface area contributed by atoms with Gasteiger partial charge in [0, 0.05) is 31.9 Å². The number of piperazine rings is 1. The van der Waals surface area contributed by atoms with Gasteiger partial charge in [0.2, 0.25) is 5.91 Å². The van der Waals surface area contributed by atoms with Crippen LogP contribution in [0.5, 0.6) is 5.75 Å². The van der Waals surface area contributed by atoms with Crippen molar-refractivity contribution in [2.45, 2.75) is 19.0 Å². The molecular formula is C28H32N4O3. The Labute approximate surface area is 206 Å². The number of hydrogen-bond donors (Lipinski definition) is 2. The van der Waals surface area contributed by atoms with Crippen molar-refractivity contribution >= 4 is 17.6 Å². The molecule has 3 aromatic rings. The van der Waals surface area contributed by atoms with Gasteiger partial charge in [-0.25, -0.2) is 4.79 Å². The van der Waals surface area contributed by atoms with Crippen molar-refractivity contribution in [1.29, 1.82) is 0 Å². The van der Waals surface area contributed by atoms with Gasteiger partial charge in [-0.1, -0.05) is 60.7 Å². The van der Waals surface area contributed by atoms with Crippen LogP contribution in [0.25, 0.3) is 0 Å². The Balaban J connectivity index is 1.33. The number of anilines is 1. The minimum atomic E-state index is -0.626. The topological polar surface area (TPSA) is 73.9 Å². The summed E-state index contributed by atoms with van der Waals surface area (Å²) in [4.78, 5) is 29.7. The highest BCUT2D eigenvalue weighted by Crippen LogP contribution is 2.29. The van der Waals surface area contributed by atoms with Crippen molar-refractivity contribution in [3.05, 3.63) is 96.1 Å². The van der Waals surface area contributed by atoms with Crippen molar-refractivity contribution in [2.24, 2.45) is 0 Å². The van der Waals surface area contributed by atoms with E-state index < -0.39 is 12.1 Å². The van der Waals surface area contributed by atoms with E-state index in [4.69, 9.17) is 4.74 Å². The van der Waals surface area contributed by atoms with Crippen molar-refractivity contribution in [1.82, 2.24) is 15.1 Å². The maximum Gasteiger partial charge on any atom is 0.319 e. The Morgan fingerprint density at radius 2 is 1.34 bits per heavy atom. The molecule has 35 heavy (non-hydrogen) atoms. The first kappa shape index (κ1) is 24.3. The molecular weight excluding hydrogens is 440 g/mol. The van der Waals surface area contributed by atoms with E-state index >= 15 is 0 Å². The highest BCUT2D eigenvalue weighted by Gasteiger charge is 2.30. The van der Waals surface area contributed by atoms with E-state index in [1.807, 2.05) is 17.0 Å². The first-order chi connectivity index (χ1) is 17.0. The second kappa shape index (κ2) is 11.5. The normalized spacial score (nSPS) is 14.9. The molecule has 7 nitrogen and oxygen atoms in total. The number of carbonyl (C=O) groups excluding carboxylic acids is 2. The molecule has 0 aliphatic carbocycles. The summed E-state index contributed by atoms with van der Waals surface area (Å²) in [6.45, 7) is 4.46. The number of nitrogens with zero attached hydrogens (tertiary/aromatic N) is 2. The van der Waals surface area contributed by atoms with Crippen molar-refractivity contribution < 1.29 is 14.3 Å². The van der Waals surface area contributed by atoms with Gasteiger partial charge >= 0.3 is 6.03 Å². The fourth-order valence-electron chi connectivity index (χ4n) is 4.46. The van der Waals surface area contributed by atoms with E-state index in [0.29, 0.717) is 24.5 Å². The molecule has 7 heteroatoms. The van der Waals surface area contributed by atoms with Crippen LogP contribution in [0, 0.1) is 0 Å². The van der Waals surface area contributed by atoms with Gasteiger partial charge in [-0.15, -0.1) is 0 Å². The molecule has 1 saturated heterocycles. The lowest BCUT2D eigenvalue weighted by atomic mass is 9.96. The maximum atomic E-state index is 13.0. The van der Waals surface area contributed by atoms with Crippen LogP contribution in [0.1, 0.15) is 24.1 Å². The van der Waals surface area contributed by atoms with Gasteiger partial charge in [-0.3, -0.25) is 9.69 Å². The summed E-state index contributed by atoms with van der Waals surface area (Å²) in [6.07, 6.45) is 0. The highest BCUT2D eigenvalue weighted by molar-refractivity contribution is 5.93. The van der Waals surface area contributed by atoms with E-state index in [1.165, 1.54) is 11.1 Å². The lowest BCUT2D eigenvalue weighted by molar-refractivity contribution is -0.134. The number of nitrogens with one attached hydrogen (secondary N) is 2. The van der Waals surface area contributed by atoms with Gasteiger partial charge in [0.1, 0.15) is 11.8 Å². The lowest BCUT2D eigenvalue weighted by Crippen LogP contribution is -2.55. The molecule has 1 fully saturated rings. The van der Waals surface area contributed by atoms with Gasteiger partial charge < -0.3 is 20.3 Å². The van der Waals surface area contributed by atoms with Crippen LogP contribution in [0.4, 0.5) is 10.5 Å². The molecule has 182 valence electrons. The van der Waals surface area contributed by atoms with Crippen molar-refractivity contribution in [3.8, 4) is 5.75 Å². The van der Waals surface area contributed by atoms with Gasteiger partial charge in [0.05, 0.1) is 13.2 Å². The molecule has 2 N–H and O–H groups in total. The number of hydrogen-bond acceptors (Lipinski definition) is 4. The first-order valence-corrected chi connectivity index (χ1v) is 11.9. The Kier molecular flexibility index (Phi) is 8.00. The first-order valence-electron chi connectivity index (χ1n) is 11.9. The van der Waals surface area contributed by atoms with Gasteiger partial charge in [0.15, 0.2) is 0 Å². The molecule has 1 atom stereocenters. The van der Waals surface area contributed by atoms with Crippen molar-refractivity contribution in [3.63, 3.8) is 0 Å². The smallest absolute Gasteiger partial charge is 0.319 e. The van der Waals surface area contributed by atoms with Crippen LogP contribution in [0.2, 0.25) is 0 Å². The average molecular weight is 473 g/mol. The Hall–Kier alpha value is -3.84. The van der Waals surface area contributed by atoms with Crippen molar-refractivity contribution in [2.75, 3.05) is 38.6 Å². The maximum absolute atomic E-state index is 13.0. The fourth-order valence-corrected chi connectivity index (χ4v) is 4.46. The molecule has 0 saturated carbocycles. The predicted molar refractivity (Wildman–Crippen MR) is 137 cm³/mol. The summed E-state index contributed by atoms with van der Waals surface area (Å²) in [6, 6.07) is 27.1. The molecule has 1 heterocycles. The minimum Gasteiger partial charge on any atom is -0.497 e. The summed E-state index contributed by atoms with van der Waals surface area (Å²) in [5.41, 5.74) is 3.11. The van der Waals surface area contributed by atoms with Crippen LogP contribution in [0.15, 0.2) is 84.9 Å². The number of methoxy groups -OCH3 is 1. The number of urea groups is 1. The monoisotopic (exact) mass is 472 g/mol. The van der Waals surface area contributed by atoms with E-state index in [2.05, 4.69) is 64.1 Å². The molecule has 3 aromatic carbocycles. The fraction of sp³-hybridized carbons (Fsp3) is 0.286. The number of benzene rings is 3. The number of rotatable bonds is 7. The standard InChI is InChI=1S/C28H32N4O3/c1-21(29-28(34)30-24-13-15-25(35-2)16-14-24)27(33)32-19-17-31(18-20-32)26(22-9-5-3-6-10-22)23-11-7-4-8-12-23/h3-16,21,26H,17-20H2,1-2H3,(H2,29,30,34). The largest absolute Gasteiger partial charge is 0.497 e. The van der Waals surface area contributed by atoms with Gasteiger partial charge in [0.25, 0.3) is 0 Å². The summed E-state index contributed by atoms with van der Waals surface area (Å²) in [7, 11) is 1.59. The van der Waals surface area contributed by atoms with E-state index in [0.717, 1.165) is 13.1 Å². The van der Waals surface area contributed by atoms with Crippen LogP contribution < -0.4 is 15.4 Å². The lowest BCUT2D eigenvalue weighted by Gasteiger charge is -2.40. The van der Waals surface area contributed by atoms with Gasteiger partial charge in [-0.2, -0.15) is 0 Å². The summed E-state index contributed by atoms with van der Waals surface area (Å²) < 4.78 is 5.13. The van der Waals surface area contributed by atoms with Crippen LogP contribution in [0.3, 0.4) is 0 Å². The summed E-state index contributed by atoms with van der Waals surface area (Å²) >= 11 is 0. The molecule has 1 aliphatic heterocycles. The number of carbonyl (C=O) groups is 2.